The van der Waals surface area contributed by atoms with Crippen molar-refractivity contribution in [3.05, 3.63) is 60.2 Å². The minimum absolute atomic E-state index is 0.115. The summed E-state index contributed by atoms with van der Waals surface area (Å²) in [6, 6.07) is 16.8. The molecule has 0 unspecified atom stereocenters. The second kappa shape index (κ2) is 9.00. The summed E-state index contributed by atoms with van der Waals surface area (Å²) in [4.78, 5) is 23.1. The maximum atomic E-state index is 12.0. The van der Waals surface area contributed by atoms with Crippen LogP contribution in [-0.2, 0) is 16.1 Å². The number of hydrogen-bond acceptors (Lipinski definition) is 6. The molecule has 3 aromatic rings. The van der Waals surface area contributed by atoms with Crippen LogP contribution in [0.4, 0.5) is 5.69 Å². The van der Waals surface area contributed by atoms with Crippen molar-refractivity contribution < 1.29 is 14.0 Å². The predicted octanol–water partition coefficient (Wildman–Crippen LogP) is 3.10. The molecular weight excluding hydrogens is 364 g/mol. The highest BCUT2D eigenvalue weighted by atomic mass is 32.2. The average molecular weight is 382 g/mol. The van der Waals surface area contributed by atoms with Crippen LogP contribution in [0.15, 0.2) is 64.2 Å². The fourth-order valence-electron chi connectivity index (χ4n) is 2.29. The molecule has 0 spiro atoms. The lowest BCUT2D eigenvalue weighted by molar-refractivity contribution is -0.118. The number of aromatic nitrogens is 2. The van der Waals surface area contributed by atoms with E-state index in [-0.39, 0.29) is 17.6 Å². The lowest BCUT2D eigenvalue weighted by Crippen LogP contribution is -2.24. The van der Waals surface area contributed by atoms with Crippen molar-refractivity contribution in [1.82, 2.24) is 15.5 Å². The molecule has 0 aliphatic heterocycles. The summed E-state index contributed by atoms with van der Waals surface area (Å²) >= 11 is 1.17. The summed E-state index contributed by atoms with van der Waals surface area (Å²) in [5.74, 6) is 0.238. The Hall–Kier alpha value is -3.13. The number of benzene rings is 2. The second-order valence-corrected chi connectivity index (χ2v) is 6.61. The Morgan fingerprint density at radius 1 is 1.07 bits per heavy atom. The van der Waals surface area contributed by atoms with Gasteiger partial charge in [-0.3, -0.25) is 9.59 Å². The Morgan fingerprint density at radius 3 is 2.67 bits per heavy atom. The van der Waals surface area contributed by atoms with E-state index >= 15 is 0 Å². The van der Waals surface area contributed by atoms with Gasteiger partial charge in [-0.2, -0.15) is 0 Å². The van der Waals surface area contributed by atoms with Gasteiger partial charge in [-0.05, 0) is 23.8 Å². The summed E-state index contributed by atoms with van der Waals surface area (Å²) in [6.45, 7) is 1.92. The maximum absolute atomic E-state index is 12.0. The molecule has 2 amide bonds. The van der Waals surface area contributed by atoms with Crippen molar-refractivity contribution in [1.29, 1.82) is 0 Å². The highest BCUT2D eigenvalue weighted by Crippen LogP contribution is 2.25. The third-order valence-corrected chi connectivity index (χ3v) is 4.31. The van der Waals surface area contributed by atoms with Crippen molar-refractivity contribution in [3.63, 3.8) is 0 Å². The van der Waals surface area contributed by atoms with Crippen LogP contribution in [0.1, 0.15) is 12.5 Å². The molecule has 0 bridgehead atoms. The number of anilines is 1. The fraction of sp³-hybridized carbons (Fsp3) is 0.158. The van der Waals surface area contributed by atoms with E-state index < -0.39 is 0 Å². The van der Waals surface area contributed by atoms with Crippen LogP contribution in [0.5, 0.6) is 0 Å². The number of carbonyl (C=O) groups excluding carboxylic acids is 2. The average Bonchev–Trinajstić information content (AvgIpc) is 3.14. The molecule has 0 saturated heterocycles. The molecule has 8 heteroatoms. The van der Waals surface area contributed by atoms with E-state index in [4.69, 9.17) is 4.42 Å². The molecule has 0 atom stereocenters. The normalized spacial score (nSPS) is 10.4. The molecule has 27 heavy (non-hydrogen) atoms. The first kappa shape index (κ1) is 18.7. The standard InChI is InChI=1S/C19H18N4O3S/c1-13(24)21-16-9-5-8-15(10-16)18-22-23-19(26-18)27-12-17(25)20-11-14-6-3-2-4-7-14/h2-10H,11-12H2,1H3,(H,20,25)(H,21,24). The molecule has 2 aromatic carbocycles. The highest BCUT2D eigenvalue weighted by Gasteiger charge is 2.12. The van der Waals surface area contributed by atoms with E-state index in [1.807, 2.05) is 30.3 Å². The van der Waals surface area contributed by atoms with Gasteiger partial charge in [0.2, 0.25) is 17.7 Å². The van der Waals surface area contributed by atoms with E-state index in [0.29, 0.717) is 28.9 Å². The molecular formula is C19H18N4O3S. The van der Waals surface area contributed by atoms with E-state index in [2.05, 4.69) is 20.8 Å². The minimum atomic E-state index is -0.157. The zero-order valence-corrected chi connectivity index (χ0v) is 15.5. The molecule has 0 aliphatic carbocycles. The summed E-state index contributed by atoms with van der Waals surface area (Å²) in [6.07, 6.45) is 0. The van der Waals surface area contributed by atoms with E-state index in [9.17, 15) is 9.59 Å². The first-order chi connectivity index (χ1) is 13.1. The predicted molar refractivity (Wildman–Crippen MR) is 103 cm³/mol. The number of nitrogens with zero attached hydrogens (tertiary/aromatic N) is 2. The maximum Gasteiger partial charge on any atom is 0.277 e. The van der Waals surface area contributed by atoms with Gasteiger partial charge in [0, 0.05) is 24.7 Å². The van der Waals surface area contributed by atoms with Crippen LogP contribution in [0.3, 0.4) is 0 Å². The van der Waals surface area contributed by atoms with Crippen LogP contribution >= 0.6 is 11.8 Å². The Labute approximate surface area is 160 Å². The van der Waals surface area contributed by atoms with Crippen molar-refractivity contribution in [2.75, 3.05) is 11.1 Å². The van der Waals surface area contributed by atoms with E-state index in [1.54, 1.807) is 24.3 Å². The van der Waals surface area contributed by atoms with E-state index in [1.165, 1.54) is 18.7 Å². The van der Waals surface area contributed by atoms with Crippen molar-refractivity contribution >= 4 is 29.3 Å². The SMILES string of the molecule is CC(=O)Nc1cccc(-c2nnc(SCC(=O)NCc3ccccc3)o2)c1. The number of nitrogens with one attached hydrogen (secondary N) is 2. The zero-order chi connectivity index (χ0) is 19.1. The Kier molecular flexibility index (Phi) is 6.22. The molecule has 138 valence electrons. The Bertz CT molecular complexity index is 927. The van der Waals surface area contributed by atoms with E-state index in [0.717, 1.165) is 5.56 Å². The molecule has 3 rings (SSSR count). The lowest BCUT2D eigenvalue weighted by Gasteiger charge is -2.04. The summed E-state index contributed by atoms with van der Waals surface area (Å²) < 4.78 is 5.59. The Balaban J connectivity index is 1.53. The smallest absolute Gasteiger partial charge is 0.277 e. The molecule has 0 aliphatic rings. The fourth-order valence-corrected chi connectivity index (χ4v) is 2.89. The summed E-state index contributed by atoms with van der Waals surface area (Å²) in [5.41, 5.74) is 2.37. The number of amides is 2. The summed E-state index contributed by atoms with van der Waals surface area (Å²) in [5, 5.41) is 13.8. The third kappa shape index (κ3) is 5.68. The van der Waals surface area contributed by atoms with Gasteiger partial charge in [-0.1, -0.05) is 48.2 Å². The number of rotatable bonds is 7. The number of hydrogen-bond donors (Lipinski definition) is 2. The largest absolute Gasteiger partial charge is 0.411 e. The van der Waals surface area contributed by atoms with Gasteiger partial charge in [0.15, 0.2) is 0 Å². The first-order valence-electron chi connectivity index (χ1n) is 8.25. The number of thioether (sulfide) groups is 1. The minimum Gasteiger partial charge on any atom is -0.411 e. The van der Waals surface area contributed by atoms with Crippen molar-refractivity contribution in [2.24, 2.45) is 0 Å². The second-order valence-electron chi connectivity index (χ2n) is 5.69. The number of carbonyl (C=O) groups is 2. The molecule has 2 N–H and O–H groups in total. The van der Waals surface area contributed by atoms with Gasteiger partial charge < -0.3 is 15.1 Å². The highest BCUT2D eigenvalue weighted by molar-refractivity contribution is 7.99. The van der Waals surface area contributed by atoms with Crippen molar-refractivity contribution in [3.8, 4) is 11.5 Å². The van der Waals surface area contributed by atoms with Gasteiger partial charge in [0.1, 0.15) is 0 Å². The van der Waals surface area contributed by atoms with Crippen LogP contribution in [0.25, 0.3) is 11.5 Å². The summed E-state index contributed by atoms with van der Waals surface area (Å²) in [7, 11) is 0. The van der Waals surface area contributed by atoms with Gasteiger partial charge in [-0.15, -0.1) is 10.2 Å². The van der Waals surface area contributed by atoms with Crippen LogP contribution in [0.2, 0.25) is 0 Å². The van der Waals surface area contributed by atoms with Crippen LogP contribution in [0, 0.1) is 0 Å². The lowest BCUT2D eigenvalue weighted by atomic mass is 10.2. The van der Waals surface area contributed by atoms with Gasteiger partial charge in [-0.25, -0.2) is 0 Å². The van der Waals surface area contributed by atoms with Crippen LogP contribution in [-0.4, -0.2) is 27.8 Å². The Morgan fingerprint density at radius 2 is 1.89 bits per heavy atom. The quantitative estimate of drug-likeness (QED) is 0.610. The molecule has 1 aromatic heterocycles. The van der Waals surface area contributed by atoms with Crippen LogP contribution < -0.4 is 10.6 Å². The molecule has 7 nitrogen and oxygen atoms in total. The van der Waals surface area contributed by atoms with Gasteiger partial charge in [0.25, 0.3) is 5.22 Å². The molecule has 0 saturated carbocycles. The first-order valence-corrected chi connectivity index (χ1v) is 9.23. The monoisotopic (exact) mass is 382 g/mol. The molecule has 0 fully saturated rings. The topological polar surface area (TPSA) is 97.1 Å². The van der Waals surface area contributed by atoms with Gasteiger partial charge >= 0.3 is 0 Å². The molecule has 0 radical (unpaired) electrons. The zero-order valence-electron chi connectivity index (χ0n) is 14.6. The third-order valence-electron chi connectivity index (χ3n) is 3.50. The van der Waals surface area contributed by atoms with Gasteiger partial charge in [0.05, 0.1) is 5.75 Å². The van der Waals surface area contributed by atoms with Crippen molar-refractivity contribution in [2.45, 2.75) is 18.7 Å². The molecule has 1 heterocycles.